The summed E-state index contributed by atoms with van der Waals surface area (Å²) < 4.78 is 5.11. The van der Waals surface area contributed by atoms with E-state index in [0.717, 1.165) is 64.5 Å². The number of hydrogen-bond acceptors (Lipinski definition) is 6. The lowest BCUT2D eigenvalue weighted by molar-refractivity contribution is -0.134. The maximum Gasteiger partial charge on any atom is 0.287 e. The van der Waals surface area contributed by atoms with E-state index in [2.05, 4.69) is 26.2 Å². The van der Waals surface area contributed by atoms with E-state index in [1.54, 1.807) is 19.1 Å². The molecule has 8 heteroatoms. The van der Waals surface area contributed by atoms with Crippen LogP contribution in [0.25, 0.3) is 0 Å². The molecule has 0 spiro atoms. The number of carbonyl (C=O) groups excluding carboxylic acids is 2. The van der Waals surface area contributed by atoms with Crippen molar-refractivity contribution in [2.24, 2.45) is 5.92 Å². The number of nitrogens with one attached hydrogen (secondary N) is 1. The molecule has 2 aliphatic rings. The molecule has 2 fully saturated rings. The van der Waals surface area contributed by atoms with E-state index in [9.17, 15) is 9.59 Å². The van der Waals surface area contributed by atoms with Crippen LogP contribution in [0.5, 0.6) is 0 Å². The Morgan fingerprint density at radius 2 is 2.00 bits per heavy atom. The van der Waals surface area contributed by atoms with Gasteiger partial charge in [0.25, 0.3) is 5.91 Å². The largest absolute Gasteiger partial charge is 0.459 e. The normalized spacial score (nSPS) is 21.0. The monoisotopic (exact) mass is 425 g/mol. The van der Waals surface area contributed by atoms with Gasteiger partial charge in [0.1, 0.15) is 11.9 Å². The summed E-state index contributed by atoms with van der Waals surface area (Å²) >= 11 is 0. The Balaban J connectivity index is 1.24. The number of hydrogen-bond donors (Lipinski definition) is 1. The fourth-order valence-corrected chi connectivity index (χ4v) is 4.49. The van der Waals surface area contributed by atoms with Gasteiger partial charge in [-0.1, -0.05) is 6.07 Å². The Kier molecular flexibility index (Phi) is 6.86. The van der Waals surface area contributed by atoms with Gasteiger partial charge in [0, 0.05) is 52.0 Å². The van der Waals surface area contributed by atoms with Gasteiger partial charge in [-0.05, 0) is 49.9 Å². The summed E-state index contributed by atoms with van der Waals surface area (Å²) in [5, 5.41) is 2.75. The average molecular weight is 426 g/mol. The van der Waals surface area contributed by atoms with Gasteiger partial charge in [-0.15, -0.1) is 0 Å². The summed E-state index contributed by atoms with van der Waals surface area (Å²) in [5.74, 6) is 1.35. The minimum Gasteiger partial charge on any atom is -0.459 e. The first-order valence-electron chi connectivity index (χ1n) is 11.1. The van der Waals surface area contributed by atoms with Crippen molar-refractivity contribution in [3.63, 3.8) is 0 Å². The Labute approximate surface area is 183 Å². The van der Waals surface area contributed by atoms with Gasteiger partial charge in [-0.2, -0.15) is 0 Å². The second kappa shape index (κ2) is 9.96. The Morgan fingerprint density at radius 1 is 1.16 bits per heavy atom. The van der Waals surface area contributed by atoms with Crippen LogP contribution < -0.4 is 10.2 Å². The van der Waals surface area contributed by atoms with Crippen LogP contribution in [0.3, 0.4) is 0 Å². The van der Waals surface area contributed by atoms with Crippen molar-refractivity contribution < 1.29 is 14.0 Å². The van der Waals surface area contributed by atoms with Crippen molar-refractivity contribution in [1.29, 1.82) is 0 Å². The van der Waals surface area contributed by atoms with Gasteiger partial charge < -0.3 is 19.5 Å². The molecule has 8 nitrogen and oxygen atoms in total. The van der Waals surface area contributed by atoms with Crippen molar-refractivity contribution in [2.45, 2.75) is 25.8 Å². The molecule has 2 amide bonds. The van der Waals surface area contributed by atoms with E-state index in [-0.39, 0.29) is 17.6 Å². The SMILES string of the molecule is CC(NC(=O)c1ccco1)C(=O)N1CCCC(CN2CCN(c3ccccn3)CC2)C1. The Hall–Kier alpha value is -2.87. The number of pyridine rings is 1. The lowest BCUT2D eigenvalue weighted by atomic mass is 9.96. The molecule has 0 radical (unpaired) electrons. The highest BCUT2D eigenvalue weighted by molar-refractivity contribution is 5.95. The van der Waals surface area contributed by atoms with Crippen LogP contribution >= 0.6 is 0 Å². The highest BCUT2D eigenvalue weighted by Crippen LogP contribution is 2.20. The number of carbonyl (C=O) groups is 2. The van der Waals surface area contributed by atoms with Crippen molar-refractivity contribution in [3.8, 4) is 0 Å². The van der Waals surface area contributed by atoms with Crippen LogP contribution in [0.15, 0.2) is 47.2 Å². The van der Waals surface area contributed by atoms with Gasteiger partial charge in [0.2, 0.25) is 5.91 Å². The number of amides is 2. The van der Waals surface area contributed by atoms with E-state index >= 15 is 0 Å². The van der Waals surface area contributed by atoms with Gasteiger partial charge >= 0.3 is 0 Å². The first kappa shape index (κ1) is 21.4. The summed E-state index contributed by atoms with van der Waals surface area (Å²) in [6, 6.07) is 8.72. The fraction of sp³-hybridized carbons (Fsp3) is 0.522. The molecule has 4 rings (SSSR count). The summed E-state index contributed by atoms with van der Waals surface area (Å²) in [4.78, 5) is 36.3. The van der Waals surface area contributed by atoms with E-state index in [1.165, 1.54) is 6.26 Å². The van der Waals surface area contributed by atoms with Crippen LogP contribution in [0.1, 0.15) is 30.3 Å². The minimum atomic E-state index is -0.571. The maximum atomic E-state index is 12.9. The number of piperidine rings is 1. The number of piperazine rings is 1. The Bertz CT molecular complexity index is 849. The van der Waals surface area contributed by atoms with Crippen LogP contribution in [-0.4, -0.2) is 78.5 Å². The highest BCUT2D eigenvalue weighted by atomic mass is 16.3. The average Bonchev–Trinajstić information content (AvgIpc) is 3.35. The number of likely N-dealkylation sites (tertiary alicyclic amines) is 1. The number of furan rings is 1. The number of anilines is 1. The molecule has 0 aromatic carbocycles. The topological polar surface area (TPSA) is 81.9 Å². The zero-order chi connectivity index (χ0) is 21.6. The van der Waals surface area contributed by atoms with Crippen LogP contribution in [0.2, 0.25) is 0 Å². The molecule has 2 saturated heterocycles. The molecular formula is C23H31N5O3. The lowest BCUT2D eigenvalue weighted by Crippen LogP contribution is -2.53. The molecule has 2 atom stereocenters. The number of nitrogens with zero attached hydrogens (tertiary/aromatic N) is 4. The molecule has 166 valence electrons. The third-order valence-electron chi connectivity index (χ3n) is 6.16. The number of rotatable bonds is 6. The van der Waals surface area contributed by atoms with Gasteiger partial charge in [-0.3, -0.25) is 14.5 Å². The fourth-order valence-electron chi connectivity index (χ4n) is 4.49. The quantitative estimate of drug-likeness (QED) is 0.761. The van der Waals surface area contributed by atoms with Gasteiger partial charge in [0.15, 0.2) is 5.76 Å². The van der Waals surface area contributed by atoms with Gasteiger partial charge in [0.05, 0.1) is 6.26 Å². The first-order chi connectivity index (χ1) is 15.1. The van der Waals surface area contributed by atoms with Crippen LogP contribution in [-0.2, 0) is 4.79 Å². The minimum absolute atomic E-state index is 0.0235. The molecule has 4 heterocycles. The smallest absolute Gasteiger partial charge is 0.287 e. The molecule has 2 unspecified atom stereocenters. The molecule has 2 aromatic rings. The predicted molar refractivity (Wildman–Crippen MR) is 118 cm³/mol. The standard InChI is InChI=1S/C23H31N5O3/c1-18(25-22(29)20-7-5-15-31-20)23(30)28-10-4-6-19(17-28)16-26-11-13-27(14-12-26)21-8-2-3-9-24-21/h2-3,5,7-9,15,18-19H,4,6,10-14,16-17H2,1H3,(H,25,29). The molecule has 0 bridgehead atoms. The van der Waals surface area contributed by atoms with Crippen LogP contribution in [0, 0.1) is 5.92 Å². The third kappa shape index (κ3) is 5.44. The molecule has 0 aliphatic carbocycles. The second-order valence-electron chi connectivity index (χ2n) is 8.44. The second-order valence-corrected chi connectivity index (χ2v) is 8.44. The highest BCUT2D eigenvalue weighted by Gasteiger charge is 2.29. The molecule has 2 aliphatic heterocycles. The summed E-state index contributed by atoms with van der Waals surface area (Å²) in [5.41, 5.74) is 0. The summed E-state index contributed by atoms with van der Waals surface area (Å²) in [6.07, 6.45) is 5.43. The zero-order valence-electron chi connectivity index (χ0n) is 18.1. The van der Waals surface area contributed by atoms with Crippen LogP contribution in [0.4, 0.5) is 5.82 Å². The summed E-state index contributed by atoms with van der Waals surface area (Å²) in [7, 11) is 0. The third-order valence-corrected chi connectivity index (χ3v) is 6.16. The molecule has 2 aromatic heterocycles. The number of aromatic nitrogens is 1. The summed E-state index contributed by atoms with van der Waals surface area (Å²) in [6.45, 7) is 8.22. The van der Waals surface area contributed by atoms with Crippen molar-refractivity contribution in [3.05, 3.63) is 48.6 Å². The molecular weight excluding hydrogens is 394 g/mol. The predicted octanol–water partition coefficient (Wildman–Crippen LogP) is 1.85. The zero-order valence-corrected chi connectivity index (χ0v) is 18.1. The van der Waals surface area contributed by atoms with E-state index < -0.39 is 6.04 Å². The Morgan fingerprint density at radius 3 is 2.71 bits per heavy atom. The van der Waals surface area contributed by atoms with E-state index in [0.29, 0.717) is 5.92 Å². The van der Waals surface area contributed by atoms with Gasteiger partial charge in [-0.25, -0.2) is 4.98 Å². The maximum absolute atomic E-state index is 12.9. The van der Waals surface area contributed by atoms with E-state index in [1.807, 2.05) is 23.2 Å². The molecule has 0 saturated carbocycles. The van der Waals surface area contributed by atoms with Crippen molar-refractivity contribution in [2.75, 3.05) is 50.7 Å². The molecule has 31 heavy (non-hydrogen) atoms. The molecule has 1 N–H and O–H groups in total. The first-order valence-corrected chi connectivity index (χ1v) is 11.1. The van der Waals surface area contributed by atoms with Crippen molar-refractivity contribution in [1.82, 2.24) is 20.1 Å². The van der Waals surface area contributed by atoms with E-state index in [4.69, 9.17) is 4.42 Å². The lowest BCUT2D eigenvalue weighted by Gasteiger charge is -2.40. The van der Waals surface area contributed by atoms with Crippen molar-refractivity contribution >= 4 is 17.6 Å².